The van der Waals surface area contributed by atoms with Crippen LogP contribution in [0.1, 0.15) is 85.5 Å². The maximum absolute atomic E-state index is 11.2. The minimum atomic E-state index is -4.62. The molecule has 0 aromatic carbocycles. The zero-order valence-electron chi connectivity index (χ0n) is 17.0. The van der Waals surface area contributed by atoms with Crippen LogP contribution in [-0.4, -0.2) is 43.5 Å². The van der Waals surface area contributed by atoms with Gasteiger partial charge < -0.3 is 9.84 Å². The lowest BCUT2D eigenvalue weighted by atomic mass is 9.91. The number of unbranched alkanes of at least 4 members (excludes halogenated alkanes) is 2. The van der Waals surface area contributed by atoms with E-state index in [0.717, 1.165) is 51.4 Å². The van der Waals surface area contributed by atoms with E-state index >= 15 is 0 Å². The maximum Gasteiger partial charge on any atom is 0.397 e. The van der Waals surface area contributed by atoms with Gasteiger partial charge >= 0.3 is 10.4 Å². The first-order chi connectivity index (χ1) is 12.3. The lowest BCUT2D eigenvalue weighted by Gasteiger charge is -2.26. The monoisotopic (exact) mass is 396 g/mol. The van der Waals surface area contributed by atoms with Gasteiger partial charge in [-0.15, -0.1) is 0 Å². The van der Waals surface area contributed by atoms with Crippen LogP contribution in [0.4, 0.5) is 0 Å². The molecule has 26 heavy (non-hydrogen) atoms. The highest BCUT2D eigenvalue weighted by Gasteiger charge is 2.28. The van der Waals surface area contributed by atoms with Crippen molar-refractivity contribution in [3.8, 4) is 0 Å². The summed E-state index contributed by atoms with van der Waals surface area (Å²) in [4.78, 5) is 0. The van der Waals surface area contributed by atoms with Crippen LogP contribution < -0.4 is 0 Å². The molecule has 7 heteroatoms. The van der Waals surface area contributed by atoms with Gasteiger partial charge in [0.05, 0.1) is 6.61 Å². The van der Waals surface area contributed by atoms with Gasteiger partial charge in [-0.2, -0.15) is 8.42 Å². The molecule has 4 unspecified atom stereocenters. The van der Waals surface area contributed by atoms with E-state index in [9.17, 15) is 13.5 Å². The fourth-order valence-electron chi connectivity index (χ4n) is 3.09. The molecule has 0 saturated heterocycles. The summed E-state index contributed by atoms with van der Waals surface area (Å²) in [6, 6.07) is 0. The summed E-state index contributed by atoms with van der Waals surface area (Å²) in [5.41, 5.74) is 0. The second-order valence-electron chi connectivity index (χ2n) is 7.24. The molecule has 0 saturated carbocycles. The van der Waals surface area contributed by atoms with Crippen molar-refractivity contribution in [3.05, 3.63) is 0 Å². The van der Waals surface area contributed by atoms with Crippen molar-refractivity contribution in [2.75, 3.05) is 13.2 Å². The molecule has 0 amide bonds. The van der Waals surface area contributed by atoms with Crippen molar-refractivity contribution < 1.29 is 27.0 Å². The van der Waals surface area contributed by atoms with Gasteiger partial charge in [-0.3, -0.25) is 4.55 Å². The Kier molecular flexibility index (Phi) is 14.7. The average Bonchev–Trinajstić information content (AvgIpc) is 2.59. The quantitative estimate of drug-likeness (QED) is 0.355. The SMILES string of the molecule is CCCCC(CC)COCC(O)C(CC(CC)CCCC)OS(=O)(=O)O. The van der Waals surface area contributed by atoms with E-state index in [4.69, 9.17) is 13.5 Å². The number of hydrogen-bond acceptors (Lipinski definition) is 5. The van der Waals surface area contributed by atoms with Crippen LogP contribution in [0.2, 0.25) is 0 Å². The van der Waals surface area contributed by atoms with Crippen molar-refractivity contribution in [2.45, 2.75) is 97.7 Å². The Morgan fingerprint density at radius 1 is 0.885 bits per heavy atom. The van der Waals surface area contributed by atoms with E-state index in [2.05, 4.69) is 20.8 Å². The van der Waals surface area contributed by atoms with E-state index in [0.29, 0.717) is 18.9 Å². The highest BCUT2D eigenvalue weighted by atomic mass is 32.3. The summed E-state index contributed by atoms with van der Waals surface area (Å²) in [5.74, 6) is 0.681. The molecule has 0 spiro atoms. The Morgan fingerprint density at radius 3 is 1.88 bits per heavy atom. The number of ether oxygens (including phenoxy) is 1. The zero-order valence-corrected chi connectivity index (χ0v) is 17.8. The predicted molar refractivity (Wildman–Crippen MR) is 104 cm³/mol. The standard InChI is InChI=1S/C19H40O6S/c1-5-9-11-16(7-3)13-19(25-26(21,22)23)18(20)15-24-14-17(8-4)12-10-6-2/h16-20H,5-15H2,1-4H3,(H,21,22,23). The summed E-state index contributed by atoms with van der Waals surface area (Å²) in [5, 5.41) is 10.4. The molecule has 4 atom stereocenters. The smallest absolute Gasteiger partial charge is 0.388 e. The molecule has 0 aromatic heterocycles. The third kappa shape index (κ3) is 13.0. The highest BCUT2D eigenvalue weighted by Crippen LogP contribution is 2.23. The molecule has 0 aromatic rings. The van der Waals surface area contributed by atoms with Crippen molar-refractivity contribution in [1.29, 1.82) is 0 Å². The Morgan fingerprint density at radius 2 is 1.42 bits per heavy atom. The summed E-state index contributed by atoms with van der Waals surface area (Å²) < 4.78 is 41.8. The molecule has 0 heterocycles. The van der Waals surface area contributed by atoms with Crippen LogP contribution in [0.5, 0.6) is 0 Å². The second kappa shape index (κ2) is 14.8. The lowest BCUT2D eigenvalue weighted by Crippen LogP contribution is -2.36. The molecule has 6 nitrogen and oxygen atoms in total. The van der Waals surface area contributed by atoms with Gasteiger partial charge in [0.1, 0.15) is 12.2 Å². The Bertz CT molecular complexity index is 426. The number of aliphatic hydroxyl groups is 1. The van der Waals surface area contributed by atoms with Gasteiger partial charge in [-0.25, -0.2) is 4.18 Å². The van der Waals surface area contributed by atoms with E-state index in [1.165, 1.54) is 0 Å². The fraction of sp³-hybridized carbons (Fsp3) is 1.00. The van der Waals surface area contributed by atoms with Crippen molar-refractivity contribution in [1.82, 2.24) is 0 Å². The Balaban J connectivity index is 4.65. The van der Waals surface area contributed by atoms with Gasteiger partial charge in [-0.1, -0.05) is 72.6 Å². The number of aliphatic hydroxyl groups excluding tert-OH is 1. The molecular weight excluding hydrogens is 356 g/mol. The molecule has 158 valence electrons. The van der Waals surface area contributed by atoms with Crippen LogP contribution in [0.15, 0.2) is 0 Å². The second-order valence-corrected chi connectivity index (χ2v) is 8.28. The number of rotatable bonds is 17. The third-order valence-corrected chi connectivity index (χ3v) is 5.46. The molecule has 0 radical (unpaired) electrons. The molecule has 0 rings (SSSR count). The maximum atomic E-state index is 11.2. The zero-order chi connectivity index (χ0) is 20.0. The summed E-state index contributed by atoms with van der Waals surface area (Å²) in [6.45, 7) is 8.95. The topological polar surface area (TPSA) is 93.1 Å². The van der Waals surface area contributed by atoms with E-state index in [-0.39, 0.29) is 12.5 Å². The van der Waals surface area contributed by atoms with Gasteiger partial charge in [0, 0.05) is 6.61 Å². The average molecular weight is 397 g/mol. The highest BCUT2D eigenvalue weighted by molar-refractivity contribution is 7.80. The van der Waals surface area contributed by atoms with Gasteiger partial charge in [0.25, 0.3) is 0 Å². The molecular formula is C19H40O6S. The first-order valence-electron chi connectivity index (χ1n) is 10.2. The Hall–Kier alpha value is -0.210. The van der Waals surface area contributed by atoms with Gasteiger partial charge in [0.15, 0.2) is 0 Å². The molecule has 0 aliphatic carbocycles. The molecule has 0 fully saturated rings. The van der Waals surface area contributed by atoms with Crippen molar-refractivity contribution in [3.63, 3.8) is 0 Å². The van der Waals surface area contributed by atoms with Gasteiger partial charge in [-0.05, 0) is 24.7 Å². The fourth-order valence-corrected chi connectivity index (χ4v) is 3.61. The van der Waals surface area contributed by atoms with Crippen LogP contribution in [0, 0.1) is 11.8 Å². The van der Waals surface area contributed by atoms with Crippen molar-refractivity contribution >= 4 is 10.4 Å². The predicted octanol–water partition coefficient (Wildman–Crippen LogP) is 4.37. The van der Waals surface area contributed by atoms with E-state index in [1.807, 2.05) is 6.92 Å². The molecule has 0 aliphatic heterocycles. The Labute approximate surface area is 160 Å². The molecule has 0 bridgehead atoms. The first-order valence-corrected chi connectivity index (χ1v) is 11.5. The van der Waals surface area contributed by atoms with Crippen molar-refractivity contribution in [2.24, 2.45) is 11.8 Å². The molecule has 0 aliphatic rings. The molecule has 2 N–H and O–H groups in total. The van der Waals surface area contributed by atoms with Crippen LogP contribution >= 0.6 is 0 Å². The minimum absolute atomic E-state index is 0.00697. The normalized spacial score (nSPS) is 17.0. The van der Waals surface area contributed by atoms with Crippen LogP contribution in [0.3, 0.4) is 0 Å². The summed E-state index contributed by atoms with van der Waals surface area (Å²) in [6.07, 6.45) is 6.61. The minimum Gasteiger partial charge on any atom is -0.388 e. The van der Waals surface area contributed by atoms with E-state index in [1.54, 1.807) is 0 Å². The summed E-state index contributed by atoms with van der Waals surface area (Å²) in [7, 11) is -4.62. The van der Waals surface area contributed by atoms with Crippen LogP contribution in [0.25, 0.3) is 0 Å². The van der Waals surface area contributed by atoms with Gasteiger partial charge in [0.2, 0.25) is 0 Å². The number of hydrogen-bond donors (Lipinski definition) is 2. The summed E-state index contributed by atoms with van der Waals surface area (Å²) >= 11 is 0. The van der Waals surface area contributed by atoms with Crippen LogP contribution in [-0.2, 0) is 19.3 Å². The largest absolute Gasteiger partial charge is 0.397 e. The lowest BCUT2D eigenvalue weighted by molar-refractivity contribution is -0.0442. The third-order valence-electron chi connectivity index (χ3n) is 4.97. The van der Waals surface area contributed by atoms with E-state index < -0.39 is 22.6 Å². The first kappa shape index (κ1) is 25.8.